The van der Waals surface area contributed by atoms with Crippen molar-refractivity contribution in [3.63, 3.8) is 0 Å². The molecule has 0 saturated heterocycles. The Bertz CT molecular complexity index is 1510. The molecule has 0 spiro atoms. The maximum Gasteiger partial charge on any atom is 0.417 e. The van der Waals surface area contributed by atoms with Gasteiger partial charge in [0.05, 0.1) is 11.8 Å². The minimum atomic E-state index is -3.24. The molecule has 11 heteroatoms. The summed E-state index contributed by atoms with van der Waals surface area (Å²) in [6.07, 6.45) is 2.92. The van der Waals surface area contributed by atoms with Gasteiger partial charge in [0.1, 0.15) is 5.82 Å². The predicted molar refractivity (Wildman–Crippen MR) is 121 cm³/mol. The number of hydrogen-bond acceptors (Lipinski definition) is 8. The lowest BCUT2D eigenvalue weighted by Crippen LogP contribution is -2.23. The first-order valence-corrected chi connectivity index (χ1v) is 11.7. The Labute approximate surface area is 183 Å². The number of anilines is 4. The SMILES string of the molecule is Cc1cnc(Nc2ccc3c(c2)CN(S(C)(=O)=O)C3)nc1Nc1ccc2oc(=O)[nH]c2c1. The van der Waals surface area contributed by atoms with Crippen LogP contribution in [0.2, 0.25) is 0 Å². The van der Waals surface area contributed by atoms with E-state index in [1.165, 1.54) is 10.6 Å². The molecule has 0 aliphatic carbocycles. The van der Waals surface area contributed by atoms with Gasteiger partial charge in [0.2, 0.25) is 16.0 Å². The number of aryl methyl sites for hydroxylation is 1. The number of oxazole rings is 1. The normalized spacial score (nSPS) is 13.9. The molecule has 0 atom stereocenters. The van der Waals surface area contributed by atoms with Gasteiger partial charge in [0, 0.05) is 36.2 Å². The molecule has 0 radical (unpaired) electrons. The number of fused-ring (bicyclic) bond motifs is 2. The number of benzene rings is 2. The molecule has 2 aromatic carbocycles. The van der Waals surface area contributed by atoms with Gasteiger partial charge in [-0.3, -0.25) is 4.98 Å². The first kappa shape index (κ1) is 20.2. The maximum absolute atomic E-state index is 11.8. The number of sulfonamides is 1. The van der Waals surface area contributed by atoms with E-state index in [4.69, 9.17) is 4.42 Å². The van der Waals surface area contributed by atoms with Crippen molar-refractivity contribution in [1.82, 2.24) is 19.3 Å². The van der Waals surface area contributed by atoms with E-state index in [9.17, 15) is 13.2 Å². The molecule has 0 bridgehead atoms. The molecule has 1 aliphatic rings. The fourth-order valence-corrected chi connectivity index (χ4v) is 4.35. The van der Waals surface area contributed by atoms with Gasteiger partial charge < -0.3 is 15.1 Å². The van der Waals surface area contributed by atoms with Crippen LogP contribution in [0, 0.1) is 6.92 Å². The summed E-state index contributed by atoms with van der Waals surface area (Å²) in [6, 6.07) is 11.0. The summed E-state index contributed by atoms with van der Waals surface area (Å²) in [6.45, 7) is 2.62. The van der Waals surface area contributed by atoms with E-state index >= 15 is 0 Å². The highest BCUT2D eigenvalue weighted by atomic mass is 32.2. The smallest absolute Gasteiger partial charge is 0.408 e. The first-order valence-electron chi connectivity index (χ1n) is 9.82. The molecule has 5 rings (SSSR count). The lowest BCUT2D eigenvalue weighted by molar-refractivity contribution is 0.436. The molecule has 0 fully saturated rings. The van der Waals surface area contributed by atoms with E-state index in [-0.39, 0.29) is 0 Å². The van der Waals surface area contributed by atoms with Crippen LogP contribution in [0.1, 0.15) is 16.7 Å². The van der Waals surface area contributed by atoms with E-state index < -0.39 is 15.8 Å². The number of hydrogen-bond donors (Lipinski definition) is 3. The molecule has 0 unspecified atom stereocenters. The van der Waals surface area contributed by atoms with Gasteiger partial charge >= 0.3 is 5.76 Å². The minimum absolute atomic E-state index is 0.351. The van der Waals surface area contributed by atoms with Crippen molar-refractivity contribution in [3.8, 4) is 0 Å². The van der Waals surface area contributed by atoms with Gasteiger partial charge in [-0.2, -0.15) is 9.29 Å². The van der Waals surface area contributed by atoms with Crippen LogP contribution in [0.15, 0.2) is 51.8 Å². The molecule has 0 saturated carbocycles. The number of aromatic amines is 1. The molecule has 32 heavy (non-hydrogen) atoms. The Hall–Kier alpha value is -3.70. The zero-order valence-corrected chi connectivity index (χ0v) is 18.2. The van der Waals surface area contributed by atoms with Crippen molar-refractivity contribution in [2.75, 3.05) is 16.9 Å². The zero-order chi connectivity index (χ0) is 22.5. The van der Waals surface area contributed by atoms with Crippen molar-refractivity contribution >= 4 is 44.3 Å². The molecular formula is C21H20N6O4S. The van der Waals surface area contributed by atoms with Crippen LogP contribution in [0.5, 0.6) is 0 Å². The Balaban J connectivity index is 1.37. The Kier molecular flexibility index (Phi) is 4.72. The highest BCUT2D eigenvalue weighted by Crippen LogP contribution is 2.29. The third-order valence-corrected chi connectivity index (χ3v) is 6.47. The van der Waals surface area contributed by atoms with Gasteiger partial charge in [-0.1, -0.05) is 6.07 Å². The summed E-state index contributed by atoms with van der Waals surface area (Å²) < 4.78 is 30.1. The third-order valence-electron chi connectivity index (χ3n) is 5.28. The van der Waals surface area contributed by atoms with Gasteiger partial charge in [-0.25, -0.2) is 18.2 Å². The molecule has 3 N–H and O–H groups in total. The van der Waals surface area contributed by atoms with Crippen LogP contribution in [-0.2, 0) is 23.1 Å². The summed E-state index contributed by atoms with van der Waals surface area (Å²) >= 11 is 0. The third kappa shape index (κ3) is 3.95. The average molecular weight is 452 g/mol. The molecule has 0 amide bonds. The fourth-order valence-electron chi connectivity index (χ4n) is 3.60. The van der Waals surface area contributed by atoms with Crippen molar-refractivity contribution in [2.45, 2.75) is 20.0 Å². The van der Waals surface area contributed by atoms with E-state index in [0.29, 0.717) is 36.0 Å². The zero-order valence-electron chi connectivity index (χ0n) is 17.3. The summed E-state index contributed by atoms with van der Waals surface area (Å²) in [7, 11) is -3.24. The summed E-state index contributed by atoms with van der Waals surface area (Å²) in [5.41, 5.74) is 5.36. The summed E-state index contributed by atoms with van der Waals surface area (Å²) in [4.78, 5) is 22.9. The monoisotopic (exact) mass is 452 g/mol. The van der Waals surface area contributed by atoms with Gasteiger partial charge in [-0.15, -0.1) is 0 Å². The number of rotatable bonds is 5. The van der Waals surface area contributed by atoms with Crippen LogP contribution in [0.3, 0.4) is 0 Å². The highest BCUT2D eigenvalue weighted by Gasteiger charge is 2.25. The summed E-state index contributed by atoms with van der Waals surface area (Å²) in [5.74, 6) is 0.502. The molecule has 4 aromatic rings. The van der Waals surface area contributed by atoms with E-state index in [1.807, 2.05) is 25.1 Å². The second-order valence-electron chi connectivity index (χ2n) is 7.72. The number of H-pyrrole nitrogens is 1. The first-order chi connectivity index (χ1) is 15.2. The Morgan fingerprint density at radius 2 is 1.81 bits per heavy atom. The predicted octanol–water partition coefficient (Wildman–Crippen LogP) is 2.98. The number of nitrogens with zero attached hydrogens (tertiary/aromatic N) is 3. The van der Waals surface area contributed by atoms with E-state index in [0.717, 1.165) is 28.1 Å². The van der Waals surface area contributed by atoms with Gasteiger partial charge in [-0.05, 0) is 48.4 Å². The van der Waals surface area contributed by atoms with Crippen molar-refractivity contribution < 1.29 is 12.8 Å². The maximum atomic E-state index is 11.8. The average Bonchev–Trinajstić information content (AvgIpc) is 3.32. The largest absolute Gasteiger partial charge is 0.417 e. The van der Waals surface area contributed by atoms with Crippen molar-refractivity contribution in [2.24, 2.45) is 0 Å². The fraction of sp³-hybridized carbons (Fsp3) is 0.190. The van der Waals surface area contributed by atoms with Gasteiger partial charge in [0.15, 0.2) is 5.58 Å². The lowest BCUT2D eigenvalue weighted by atomic mass is 10.1. The molecule has 1 aliphatic heterocycles. The minimum Gasteiger partial charge on any atom is -0.408 e. The number of aromatic nitrogens is 3. The lowest BCUT2D eigenvalue weighted by Gasteiger charge is -2.12. The summed E-state index contributed by atoms with van der Waals surface area (Å²) in [5, 5.41) is 6.42. The van der Waals surface area contributed by atoms with Gasteiger partial charge in [0.25, 0.3) is 0 Å². The van der Waals surface area contributed by atoms with Crippen molar-refractivity contribution in [3.05, 3.63) is 69.8 Å². The number of nitrogens with one attached hydrogen (secondary N) is 3. The molecule has 10 nitrogen and oxygen atoms in total. The van der Waals surface area contributed by atoms with Crippen LogP contribution >= 0.6 is 0 Å². The Morgan fingerprint density at radius 3 is 2.62 bits per heavy atom. The van der Waals surface area contributed by atoms with Crippen LogP contribution in [0.4, 0.5) is 23.1 Å². The van der Waals surface area contributed by atoms with E-state index in [1.54, 1.807) is 24.4 Å². The highest BCUT2D eigenvalue weighted by molar-refractivity contribution is 7.88. The molecule has 164 valence electrons. The molecular weight excluding hydrogens is 432 g/mol. The molecule has 3 heterocycles. The quantitative estimate of drug-likeness (QED) is 0.421. The van der Waals surface area contributed by atoms with Crippen molar-refractivity contribution in [1.29, 1.82) is 0 Å². The molecule has 2 aromatic heterocycles. The van der Waals surface area contributed by atoms with Crippen LogP contribution in [0.25, 0.3) is 11.1 Å². The standard InChI is InChI=1S/C21H20N6O4S/c1-12-9-22-20(24-15-4-3-13-10-27(32(2,29)30)11-14(13)7-15)26-19(12)23-16-5-6-18-17(8-16)25-21(28)31-18/h3-9H,10-11H2,1-2H3,(H,25,28)(H2,22,23,24,26). The van der Waals surface area contributed by atoms with Crippen LogP contribution in [-0.4, -0.2) is 33.9 Å². The Morgan fingerprint density at radius 1 is 1.06 bits per heavy atom. The van der Waals surface area contributed by atoms with Crippen LogP contribution < -0.4 is 16.4 Å². The topological polar surface area (TPSA) is 133 Å². The second-order valence-corrected chi connectivity index (χ2v) is 9.70. The van der Waals surface area contributed by atoms with E-state index in [2.05, 4.69) is 25.6 Å². The second kappa shape index (κ2) is 7.46.